The molecule has 1 N–H and O–H groups in total. The molecule has 0 amide bonds. The van der Waals surface area contributed by atoms with Crippen molar-refractivity contribution in [1.82, 2.24) is 9.97 Å². The molecule has 0 saturated carbocycles. The van der Waals surface area contributed by atoms with Gasteiger partial charge in [-0.05, 0) is 26.0 Å². The molecule has 0 atom stereocenters. The van der Waals surface area contributed by atoms with Crippen molar-refractivity contribution in [3.8, 4) is 11.3 Å². The van der Waals surface area contributed by atoms with Crippen molar-refractivity contribution in [2.75, 3.05) is 17.3 Å². The van der Waals surface area contributed by atoms with E-state index in [9.17, 15) is 0 Å². The second kappa shape index (κ2) is 7.13. The van der Waals surface area contributed by atoms with E-state index in [1.165, 1.54) is 0 Å². The zero-order valence-corrected chi connectivity index (χ0v) is 14.3. The Kier molecular flexibility index (Phi) is 4.75. The van der Waals surface area contributed by atoms with Gasteiger partial charge in [0.2, 0.25) is 5.95 Å². The molecule has 0 bridgehead atoms. The first-order valence-corrected chi connectivity index (χ1v) is 8.13. The van der Waals surface area contributed by atoms with E-state index in [-0.39, 0.29) is 0 Å². The first kappa shape index (κ1) is 16.0. The highest BCUT2D eigenvalue weighted by Gasteiger charge is 2.12. The number of nitrogens with one attached hydrogen (secondary N) is 1. The van der Waals surface area contributed by atoms with Crippen molar-refractivity contribution < 1.29 is 0 Å². The van der Waals surface area contributed by atoms with Crippen molar-refractivity contribution in [3.63, 3.8) is 0 Å². The lowest BCUT2D eigenvalue weighted by molar-refractivity contribution is 0.884. The molecule has 0 fully saturated rings. The van der Waals surface area contributed by atoms with E-state index in [0.29, 0.717) is 12.0 Å². The molecule has 1 aromatic heterocycles. The Bertz CT molecular complexity index is 785. The monoisotopic (exact) mass is 318 g/mol. The number of nitrogens with zero attached hydrogens (tertiary/aromatic N) is 3. The Morgan fingerprint density at radius 1 is 0.875 bits per heavy atom. The summed E-state index contributed by atoms with van der Waals surface area (Å²) < 4.78 is 0. The smallest absolute Gasteiger partial charge is 0.232 e. The van der Waals surface area contributed by atoms with Crippen molar-refractivity contribution in [2.45, 2.75) is 19.9 Å². The van der Waals surface area contributed by atoms with Crippen LogP contribution < -0.4 is 10.2 Å². The first-order valence-electron chi connectivity index (χ1n) is 8.13. The number of benzene rings is 2. The Hall–Kier alpha value is -2.88. The Morgan fingerprint density at radius 3 is 2.12 bits per heavy atom. The van der Waals surface area contributed by atoms with Gasteiger partial charge in [-0.2, -0.15) is 4.98 Å². The SMILES string of the molecule is CC(C)Nc1cc(-c2ccccc2)nc(N(C)c2ccccc2)n1. The maximum Gasteiger partial charge on any atom is 0.232 e. The van der Waals surface area contributed by atoms with E-state index >= 15 is 0 Å². The minimum atomic E-state index is 0.304. The summed E-state index contributed by atoms with van der Waals surface area (Å²) in [4.78, 5) is 11.4. The third-order valence-electron chi connectivity index (χ3n) is 3.66. The standard InChI is InChI=1S/C20H22N4/c1-15(2)21-19-14-18(16-10-6-4-7-11-16)22-20(23-19)24(3)17-12-8-5-9-13-17/h4-15H,1-3H3,(H,21,22,23). The zero-order valence-electron chi connectivity index (χ0n) is 14.3. The third kappa shape index (κ3) is 3.71. The van der Waals surface area contributed by atoms with Gasteiger partial charge >= 0.3 is 0 Å². The molecular weight excluding hydrogens is 296 g/mol. The van der Waals surface area contributed by atoms with E-state index < -0.39 is 0 Å². The number of para-hydroxylation sites is 1. The average Bonchev–Trinajstić information content (AvgIpc) is 2.62. The Morgan fingerprint density at radius 2 is 1.50 bits per heavy atom. The van der Waals surface area contributed by atoms with E-state index in [0.717, 1.165) is 22.8 Å². The Labute approximate surface area is 143 Å². The van der Waals surface area contributed by atoms with E-state index in [1.807, 2.05) is 66.5 Å². The van der Waals surface area contributed by atoms with Gasteiger partial charge in [-0.3, -0.25) is 0 Å². The molecule has 0 unspecified atom stereocenters. The number of aromatic nitrogens is 2. The average molecular weight is 318 g/mol. The molecule has 4 nitrogen and oxygen atoms in total. The van der Waals surface area contributed by atoms with Crippen LogP contribution in [-0.4, -0.2) is 23.1 Å². The lowest BCUT2D eigenvalue weighted by Crippen LogP contribution is -2.17. The quantitative estimate of drug-likeness (QED) is 0.738. The number of hydrogen-bond donors (Lipinski definition) is 1. The molecule has 0 aliphatic heterocycles. The summed E-state index contributed by atoms with van der Waals surface area (Å²) in [5, 5.41) is 3.38. The molecule has 0 aliphatic carbocycles. The van der Waals surface area contributed by atoms with Crippen molar-refractivity contribution in [2.24, 2.45) is 0 Å². The van der Waals surface area contributed by atoms with Crippen molar-refractivity contribution in [3.05, 3.63) is 66.7 Å². The normalized spacial score (nSPS) is 10.7. The second-order valence-electron chi connectivity index (χ2n) is 6.00. The highest BCUT2D eigenvalue weighted by atomic mass is 15.3. The predicted octanol–water partition coefficient (Wildman–Crippen LogP) is 4.73. The van der Waals surface area contributed by atoms with Gasteiger partial charge < -0.3 is 10.2 Å². The van der Waals surface area contributed by atoms with Gasteiger partial charge in [0.15, 0.2) is 0 Å². The van der Waals surface area contributed by atoms with Gasteiger partial charge in [0, 0.05) is 30.4 Å². The summed E-state index contributed by atoms with van der Waals surface area (Å²) in [6, 6.07) is 22.6. The predicted molar refractivity (Wildman–Crippen MR) is 101 cm³/mol. The molecule has 0 radical (unpaired) electrons. The number of rotatable bonds is 5. The molecule has 3 rings (SSSR count). The van der Waals surface area contributed by atoms with Crippen LogP contribution in [0.2, 0.25) is 0 Å². The largest absolute Gasteiger partial charge is 0.368 e. The molecule has 122 valence electrons. The van der Waals surface area contributed by atoms with Crippen LogP contribution >= 0.6 is 0 Å². The van der Waals surface area contributed by atoms with Gasteiger partial charge in [0.1, 0.15) is 5.82 Å². The van der Waals surface area contributed by atoms with Crippen LogP contribution in [0.4, 0.5) is 17.5 Å². The minimum absolute atomic E-state index is 0.304. The maximum atomic E-state index is 4.76. The lowest BCUT2D eigenvalue weighted by atomic mass is 10.1. The molecule has 4 heteroatoms. The van der Waals surface area contributed by atoms with Crippen LogP contribution in [0, 0.1) is 0 Å². The van der Waals surface area contributed by atoms with E-state index in [1.54, 1.807) is 0 Å². The fourth-order valence-electron chi connectivity index (χ4n) is 2.48. The zero-order chi connectivity index (χ0) is 16.9. The van der Waals surface area contributed by atoms with Gasteiger partial charge in [-0.1, -0.05) is 48.5 Å². The van der Waals surface area contributed by atoms with Crippen LogP contribution in [0.5, 0.6) is 0 Å². The van der Waals surface area contributed by atoms with Gasteiger partial charge in [0.05, 0.1) is 5.69 Å². The molecule has 0 saturated heterocycles. The topological polar surface area (TPSA) is 41.1 Å². The lowest BCUT2D eigenvalue weighted by Gasteiger charge is -2.20. The molecule has 24 heavy (non-hydrogen) atoms. The van der Waals surface area contributed by atoms with Gasteiger partial charge in [-0.15, -0.1) is 0 Å². The van der Waals surface area contributed by atoms with Crippen molar-refractivity contribution >= 4 is 17.5 Å². The molecule has 3 aromatic rings. The van der Waals surface area contributed by atoms with Crippen LogP contribution in [0.1, 0.15) is 13.8 Å². The molecule has 0 aliphatic rings. The van der Waals surface area contributed by atoms with Crippen LogP contribution in [-0.2, 0) is 0 Å². The van der Waals surface area contributed by atoms with Gasteiger partial charge in [-0.25, -0.2) is 4.98 Å². The summed E-state index contributed by atoms with van der Waals surface area (Å²) in [6.45, 7) is 4.20. The fourth-order valence-corrected chi connectivity index (χ4v) is 2.48. The summed E-state index contributed by atoms with van der Waals surface area (Å²) in [7, 11) is 1.98. The summed E-state index contributed by atoms with van der Waals surface area (Å²) in [5.41, 5.74) is 3.04. The third-order valence-corrected chi connectivity index (χ3v) is 3.66. The van der Waals surface area contributed by atoms with E-state index in [4.69, 9.17) is 4.98 Å². The summed E-state index contributed by atoms with van der Waals surface area (Å²) in [6.07, 6.45) is 0. The molecular formula is C20H22N4. The fraction of sp³-hybridized carbons (Fsp3) is 0.200. The molecule has 2 aromatic carbocycles. The summed E-state index contributed by atoms with van der Waals surface area (Å²) >= 11 is 0. The minimum Gasteiger partial charge on any atom is -0.368 e. The molecule has 1 heterocycles. The maximum absolute atomic E-state index is 4.76. The Balaban J connectivity index is 2.05. The second-order valence-corrected chi connectivity index (χ2v) is 6.00. The number of hydrogen-bond acceptors (Lipinski definition) is 4. The van der Waals surface area contributed by atoms with Crippen LogP contribution in [0.15, 0.2) is 66.7 Å². The number of anilines is 3. The van der Waals surface area contributed by atoms with E-state index in [2.05, 4.69) is 36.3 Å². The first-order chi connectivity index (χ1) is 11.6. The molecule has 0 spiro atoms. The van der Waals surface area contributed by atoms with Gasteiger partial charge in [0.25, 0.3) is 0 Å². The van der Waals surface area contributed by atoms with Crippen molar-refractivity contribution in [1.29, 1.82) is 0 Å². The highest BCUT2D eigenvalue weighted by molar-refractivity contribution is 5.67. The van der Waals surface area contributed by atoms with Crippen LogP contribution in [0.3, 0.4) is 0 Å². The highest BCUT2D eigenvalue weighted by Crippen LogP contribution is 2.26. The summed E-state index contributed by atoms with van der Waals surface area (Å²) in [5.74, 6) is 1.50. The van der Waals surface area contributed by atoms with Crippen LogP contribution in [0.25, 0.3) is 11.3 Å².